The van der Waals surface area contributed by atoms with Gasteiger partial charge in [0.15, 0.2) is 0 Å². The Morgan fingerprint density at radius 1 is 1.10 bits per heavy atom. The molecule has 0 amide bonds. The molecular formula is C16H21BrN4. The van der Waals surface area contributed by atoms with E-state index in [0.717, 1.165) is 47.0 Å². The van der Waals surface area contributed by atoms with Crippen LogP contribution in [0.1, 0.15) is 31.7 Å². The Balaban J connectivity index is 2.29. The lowest BCUT2D eigenvalue weighted by molar-refractivity contribution is 0.836. The van der Waals surface area contributed by atoms with Crippen molar-refractivity contribution in [2.45, 2.75) is 33.6 Å². The zero-order valence-electron chi connectivity index (χ0n) is 12.7. The minimum atomic E-state index is 0.814. The molecule has 0 saturated heterocycles. The zero-order valence-corrected chi connectivity index (χ0v) is 14.3. The molecule has 0 aliphatic carbocycles. The fourth-order valence-corrected chi connectivity index (χ4v) is 2.62. The van der Waals surface area contributed by atoms with E-state index < -0.39 is 0 Å². The fourth-order valence-electron chi connectivity index (χ4n) is 2.03. The minimum absolute atomic E-state index is 0.814. The lowest BCUT2D eigenvalue weighted by Gasteiger charge is -2.12. The van der Waals surface area contributed by atoms with Crippen LogP contribution < -0.4 is 10.6 Å². The number of aryl methyl sites for hydroxylation is 2. The van der Waals surface area contributed by atoms with Crippen LogP contribution in [0.5, 0.6) is 0 Å². The first kappa shape index (κ1) is 15.8. The van der Waals surface area contributed by atoms with Crippen LogP contribution in [-0.2, 0) is 6.42 Å². The zero-order chi connectivity index (χ0) is 15.2. The van der Waals surface area contributed by atoms with Crippen LogP contribution >= 0.6 is 15.9 Å². The molecule has 112 valence electrons. The maximum Gasteiger partial charge on any atom is 0.136 e. The highest BCUT2D eigenvalue weighted by Gasteiger charge is 2.06. The van der Waals surface area contributed by atoms with Gasteiger partial charge in [-0.15, -0.1) is 0 Å². The molecular weight excluding hydrogens is 328 g/mol. The van der Waals surface area contributed by atoms with E-state index in [1.54, 1.807) is 0 Å². The summed E-state index contributed by atoms with van der Waals surface area (Å²) in [7, 11) is 0. The number of nitrogens with one attached hydrogen (secondary N) is 2. The van der Waals surface area contributed by atoms with Gasteiger partial charge in [0.2, 0.25) is 0 Å². The molecule has 21 heavy (non-hydrogen) atoms. The van der Waals surface area contributed by atoms with Gasteiger partial charge in [-0.3, -0.25) is 0 Å². The highest BCUT2D eigenvalue weighted by atomic mass is 79.9. The smallest absolute Gasteiger partial charge is 0.136 e. The van der Waals surface area contributed by atoms with Gasteiger partial charge in [-0.1, -0.05) is 13.0 Å². The van der Waals surface area contributed by atoms with Crippen molar-refractivity contribution in [3.63, 3.8) is 0 Å². The van der Waals surface area contributed by atoms with Crippen LogP contribution in [0.3, 0.4) is 0 Å². The number of halogens is 1. The molecule has 0 bridgehead atoms. The van der Waals surface area contributed by atoms with Crippen molar-refractivity contribution < 1.29 is 0 Å². The summed E-state index contributed by atoms with van der Waals surface area (Å²) in [5, 5.41) is 6.61. The molecule has 0 saturated carbocycles. The standard InChI is InChI=1S/C16H21BrN4/c1-4-6-14-20-15(18-5-2)10-16(21-14)19-13-8-7-11(3)9-12(13)17/h7-10H,4-6H2,1-3H3,(H2,18,19,20,21). The summed E-state index contributed by atoms with van der Waals surface area (Å²) >= 11 is 3.58. The molecule has 0 radical (unpaired) electrons. The molecule has 2 N–H and O–H groups in total. The molecule has 2 rings (SSSR count). The van der Waals surface area contributed by atoms with Gasteiger partial charge in [-0.05, 0) is 53.9 Å². The normalized spacial score (nSPS) is 10.5. The Morgan fingerprint density at radius 2 is 1.86 bits per heavy atom. The third-order valence-electron chi connectivity index (χ3n) is 2.99. The van der Waals surface area contributed by atoms with Gasteiger partial charge in [0.25, 0.3) is 0 Å². The predicted molar refractivity (Wildman–Crippen MR) is 92.4 cm³/mol. The third-order valence-corrected chi connectivity index (χ3v) is 3.65. The number of aromatic nitrogens is 2. The molecule has 0 aliphatic heterocycles. The van der Waals surface area contributed by atoms with Gasteiger partial charge in [0, 0.05) is 23.5 Å². The van der Waals surface area contributed by atoms with Gasteiger partial charge in [-0.25, -0.2) is 9.97 Å². The molecule has 1 heterocycles. The van der Waals surface area contributed by atoms with Crippen molar-refractivity contribution in [2.75, 3.05) is 17.2 Å². The van der Waals surface area contributed by atoms with E-state index in [0.29, 0.717) is 0 Å². The van der Waals surface area contributed by atoms with Crippen molar-refractivity contribution in [3.8, 4) is 0 Å². The molecule has 2 aromatic rings. The summed E-state index contributed by atoms with van der Waals surface area (Å²) in [4.78, 5) is 9.10. The lowest BCUT2D eigenvalue weighted by atomic mass is 10.2. The quantitative estimate of drug-likeness (QED) is 0.795. The first-order valence-electron chi connectivity index (χ1n) is 7.27. The number of nitrogens with zero attached hydrogens (tertiary/aromatic N) is 2. The van der Waals surface area contributed by atoms with Crippen LogP contribution in [0.4, 0.5) is 17.3 Å². The minimum Gasteiger partial charge on any atom is -0.370 e. The van der Waals surface area contributed by atoms with Gasteiger partial charge in [0.1, 0.15) is 17.5 Å². The summed E-state index contributed by atoms with van der Waals surface area (Å²) in [5.74, 6) is 2.54. The number of hydrogen-bond donors (Lipinski definition) is 2. The maximum absolute atomic E-state index is 4.58. The van der Waals surface area contributed by atoms with Crippen molar-refractivity contribution in [2.24, 2.45) is 0 Å². The molecule has 0 atom stereocenters. The van der Waals surface area contributed by atoms with Crippen LogP contribution in [0.25, 0.3) is 0 Å². The topological polar surface area (TPSA) is 49.8 Å². The van der Waals surface area contributed by atoms with Crippen molar-refractivity contribution in [1.29, 1.82) is 0 Å². The fraction of sp³-hybridized carbons (Fsp3) is 0.375. The van der Waals surface area contributed by atoms with Gasteiger partial charge in [0.05, 0.1) is 5.69 Å². The second-order valence-corrected chi connectivity index (χ2v) is 5.80. The van der Waals surface area contributed by atoms with Crippen molar-refractivity contribution >= 4 is 33.3 Å². The summed E-state index contributed by atoms with van der Waals surface area (Å²) in [6.07, 6.45) is 1.91. The van der Waals surface area contributed by atoms with Crippen LogP contribution in [0.15, 0.2) is 28.7 Å². The summed E-state index contributed by atoms with van der Waals surface area (Å²) < 4.78 is 1.03. The summed E-state index contributed by atoms with van der Waals surface area (Å²) in [6, 6.07) is 8.15. The molecule has 5 heteroatoms. The molecule has 0 fully saturated rings. The van der Waals surface area contributed by atoms with E-state index in [1.807, 2.05) is 12.1 Å². The van der Waals surface area contributed by atoms with E-state index >= 15 is 0 Å². The summed E-state index contributed by atoms with van der Waals surface area (Å²) in [5.41, 5.74) is 2.22. The van der Waals surface area contributed by atoms with E-state index in [1.165, 1.54) is 5.56 Å². The Bertz CT molecular complexity index is 589. The average Bonchev–Trinajstić information content (AvgIpc) is 2.42. The molecule has 1 aromatic carbocycles. The largest absolute Gasteiger partial charge is 0.370 e. The van der Waals surface area contributed by atoms with Gasteiger partial charge < -0.3 is 10.6 Å². The number of anilines is 3. The van der Waals surface area contributed by atoms with Crippen molar-refractivity contribution in [3.05, 3.63) is 40.1 Å². The first-order valence-corrected chi connectivity index (χ1v) is 8.06. The van der Waals surface area contributed by atoms with Gasteiger partial charge in [-0.2, -0.15) is 0 Å². The lowest BCUT2D eigenvalue weighted by Crippen LogP contribution is -2.06. The van der Waals surface area contributed by atoms with E-state index in [-0.39, 0.29) is 0 Å². The average molecular weight is 349 g/mol. The summed E-state index contributed by atoms with van der Waals surface area (Å²) in [6.45, 7) is 7.11. The Hall–Kier alpha value is -1.62. The van der Waals surface area contributed by atoms with E-state index in [9.17, 15) is 0 Å². The predicted octanol–water partition coefficient (Wildman–Crippen LogP) is 4.68. The highest BCUT2D eigenvalue weighted by Crippen LogP contribution is 2.26. The molecule has 0 aliphatic rings. The first-order chi connectivity index (χ1) is 10.1. The SMILES string of the molecule is CCCc1nc(NCC)cc(Nc2ccc(C)cc2Br)n1. The second-order valence-electron chi connectivity index (χ2n) is 4.94. The molecule has 4 nitrogen and oxygen atoms in total. The maximum atomic E-state index is 4.58. The molecule has 0 spiro atoms. The van der Waals surface area contributed by atoms with Crippen LogP contribution in [-0.4, -0.2) is 16.5 Å². The Labute approximate surface area is 134 Å². The third kappa shape index (κ3) is 4.43. The Morgan fingerprint density at radius 3 is 2.52 bits per heavy atom. The van der Waals surface area contributed by atoms with Crippen LogP contribution in [0, 0.1) is 6.92 Å². The highest BCUT2D eigenvalue weighted by molar-refractivity contribution is 9.10. The second kappa shape index (κ2) is 7.41. The van der Waals surface area contributed by atoms with E-state index in [2.05, 4.69) is 69.4 Å². The monoisotopic (exact) mass is 348 g/mol. The van der Waals surface area contributed by atoms with Gasteiger partial charge >= 0.3 is 0 Å². The molecule has 1 aromatic heterocycles. The van der Waals surface area contributed by atoms with E-state index in [4.69, 9.17) is 0 Å². The molecule has 0 unspecified atom stereocenters. The van der Waals surface area contributed by atoms with Crippen molar-refractivity contribution in [1.82, 2.24) is 9.97 Å². The Kier molecular flexibility index (Phi) is 5.56. The number of hydrogen-bond acceptors (Lipinski definition) is 4. The number of rotatable bonds is 6. The number of benzene rings is 1. The van der Waals surface area contributed by atoms with Crippen LogP contribution in [0.2, 0.25) is 0 Å².